The lowest BCUT2D eigenvalue weighted by Gasteiger charge is -2.06. The molecule has 92 valence electrons. The Labute approximate surface area is 127 Å². The van der Waals surface area contributed by atoms with Gasteiger partial charge >= 0.3 is 0 Å². The van der Waals surface area contributed by atoms with E-state index in [1.54, 1.807) is 18.2 Å². The number of anilines is 1. The number of amides is 1. The van der Waals surface area contributed by atoms with E-state index in [0.29, 0.717) is 10.7 Å². The van der Waals surface area contributed by atoms with Crippen molar-refractivity contribution in [3.8, 4) is 0 Å². The van der Waals surface area contributed by atoms with Crippen LogP contribution in [0.5, 0.6) is 0 Å². The highest BCUT2D eigenvalue weighted by Crippen LogP contribution is 2.22. The van der Waals surface area contributed by atoms with Gasteiger partial charge in [-0.2, -0.15) is 0 Å². The Morgan fingerprint density at radius 1 is 1.17 bits per heavy atom. The molecular formula is C11H6Cl2IN3O. The van der Waals surface area contributed by atoms with Gasteiger partial charge in [-0.1, -0.05) is 23.2 Å². The van der Waals surface area contributed by atoms with Gasteiger partial charge in [0.2, 0.25) is 0 Å². The van der Waals surface area contributed by atoms with Crippen LogP contribution in [0, 0.1) is 3.57 Å². The van der Waals surface area contributed by atoms with E-state index in [1.807, 2.05) is 0 Å². The van der Waals surface area contributed by atoms with Crippen LogP contribution in [0.25, 0.3) is 0 Å². The van der Waals surface area contributed by atoms with Gasteiger partial charge in [-0.25, -0.2) is 0 Å². The third kappa shape index (κ3) is 3.30. The number of hydrogen-bond donors (Lipinski definition) is 1. The Balaban J connectivity index is 2.18. The zero-order valence-electron chi connectivity index (χ0n) is 8.82. The molecule has 0 unspecified atom stereocenters. The number of nitrogens with zero attached hydrogens (tertiary/aromatic N) is 2. The largest absolute Gasteiger partial charge is 0.320 e. The molecule has 0 saturated heterocycles. The molecule has 1 amide bonds. The van der Waals surface area contributed by atoms with Crippen molar-refractivity contribution in [1.82, 2.24) is 10.2 Å². The summed E-state index contributed by atoms with van der Waals surface area (Å²) in [5.74, 6) is -0.348. The summed E-state index contributed by atoms with van der Waals surface area (Å²) in [5, 5.41) is 10.9. The van der Waals surface area contributed by atoms with Crippen LogP contribution < -0.4 is 5.32 Å². The molecule has 0 aliphatic rings. The molecule has 0 atom stereocenters. The highest BCUT2D eigenvalue weighted by molar-refractivity contribution is 14.1. The van der Waals surface area contributed by atoms with Crippen molar-refractivity contribution in [3.05, 3.63) is 49.8 Å². The number of carbonyl (C=O) groups excluding carboxylic acids is 1. The molecule has 0 aliphatic heterocycles. The first-order valence-corrected chi connectivity index (χ1v) is 6.65. The maximum atomic E-state index is 11.9. The number of rotatable bonds is 2. The summed E-state index contributed by atoms with van der Waals surface area (Å²) in [6, 6.07) is 8.20. The van der Waals surface area contributed by atoms with E-state index in [4.69, 9.17) is 23.2 Å². The molecule has 0 spiro atoms. The third-order valence-electron chi connectivity index (χ3n) is 2.04. The molecule has 18 heavy (non-hydrogen) atoms. The molecule has 0 radical (unpaired) electrons. The molecule has 7 heteroatoms. The zero-order valence-corrected chi connectivity index (χ0v) is 12.5. The maximum absolute atomic E-state index is 11.9. The smallest absolute Gasteiger partial charge is 0.276 e. The van der Waals surface area contributed by atoms with E-state index < -0.39 is 0 Å². The first-order valence-electron chi connectivity index (χ1n) is 4.82. The number of aromatic nitrogens is 2. The van der Waals surface area contributed by atoms with Crippen LogP contribution in [0.4, 0.5) is 5.69 Å². The number of hydrogen-bond acceptors (Lipinski definition) is 3. The Morgan fingerprint density at radius 3 is 2.56 bits per heavy atom. The monoisotopic (exact) mass is 393 g/mol. The number of halogens is 3. The predicted molar refractivity (Wildman–Crippen MR) is 79.2 cm³/mol. The van der Waals surface area contributed by atoms with E-state index in [0.717, 1.165) is 3.57 Å². The van der Waals surface area contributed by atoms with Crippen molar-refractivity contribution in [2.75, 3.05) is 5.32 Å². The van der Waals surface area contributed by atoms with Gasteiger partial charge in [0.15, 0.2) is 10.8 Å². The van der Waals surface area contributed by atoms with Gasteiger partial charge in [0, 0.05) is 8.59 Å². The molecule has 2 rings (SSSR count). The molecule has 1 heterocycles. The minimum atomic E-state index is -0.348. The number of carbonyl (C=O) groups is 1. The predicted octanol–water partition coefficient (Wildman–Crippen LogP) is 3.64. The van der Waals surface area contributed by atoms with Crippen molar-refractivity contribution in [3.63, 3.8) is 0 Å². The quantitative estimate of drug-likeness (QED) is 0.792. The lowest BCUT2D eigenvalue weighted by molar-refractivity contribution is 0.102. The van der Waals surface area contributed by atoms with Crippen LogP contribution in [-0.2, 0) is 0 Å². The van der Waals surface area contributed by atoms with Gasteiger partial charge in [-0.15, -0.1) is 10.2 Å². The molecule has 0 fully saturated rings. The first-order chi connectivity index (χ1) is 8.56. The SMILES string of the molecule is O=C(Nc1ccc(Cl)cc1I)c1ccc(Cl)nn1. The molecule has 1 N–H and O–H groups in total. The topological polar surface area (TPSA) is 54.9 Å². The fourth-order valence-electron chi connectivity index (χ4n) is 1.21. The summed E-state index contributed by atoms with van der Waals surface area (Å²) in [6.45, 7) is 0. The standard InChI is InChI=1S/C11H6Cl2IN3O/c12-6-1-2-8(7(14)5-6)15-11(18)9-3-4-10(13)17-16-9/h1-5H,(H,15,18). The van der Waals surface area contributed by atoms with E-state index in [-0.39, 0.29) is 16.8 Å². The molecule has 4 nitrogen and oxygen atoms in total. The van der Waals surface area contributed by atoms with Crippen LogP contribution >= 0.6 is 45.8 Å². The second kappa shape index (κ2) is 5.81. The second-order valence-corrected chi connectivity index (χ2v) is 5.31. The normalized spacial score (nSPS) is 10.2. The summed E-state index contributed by atoms with van der Waals surface area (Å²) in [5.41, 5.74) is 0.868. The summed E-state index contributed by atoms with van der Waals surface area (Å²) in [7, 11) is 0. The van der Waals surface area contributed by atoms with Gasteiger partial charge in [-0.3, -0.25) is 4.79 Å². The van der Waals surface area contributed by atoms with Crippen molar-refractivity contribution in [2.45, 2.75) is 0 Å². The average molecular weight is 394 g/mol. The maximum Gasteiger partial charge on any atom is 0.276 e. The summed E-state index contributed by atoms with van der Waals surface area (Å²) < 4.78 is 0.843. The number of nitrogens with one attached hydrogen (secondary N) is 1. The average Bonchev–Trinajstić information content (AvgIpc) is 2.33. The van der Waals surface area contributed by atoms with E-state index >= 15 is 0 Å². The fourth-order valence-corrected chi connectivity index (χ4v) is 2.32. The highest BCUT2D eigenvalue weighted by Gasteiger charge is 2.10. The molecular weight excluding hydrogens is 388 g/mol. The van der Waals surface area contributed by atoms with Gasteiger partial charge in [0.25, 0.3) is 5.91 Å². The molecule has 0 saturated carbocycles. The van der Waals surface area contributed by atoms with Crippen molar-refractivity contribution < 1.29 is 4.79 Å². The highest BCUT2D eigenvalue weighted by atomic mass is 127. The summed E-state index contributed by atoms with van der Waals surface area (Å²) in [4.78, 5) is 11.9. The molecule has 0 bridgehead atoms. The van der Waals surface area contributed by atoms with Crippen molar-refractivity contribution in [2.24, 2.45) is 0 Å². The lowest BCUT2D eigenvalue weighted by atomic mass is 10.3. The van der Waals surface area contributed by atoms with Crippen LogP contribution in [0.3, 0.4) is 0 Å². The van der Waals surface area contributed by atoms with Gasteiger partial charge in [-0.05, 0) is 52.9 Å². The van der Waals surface area contributed by atoms with Crippen LogP contribution in [0.2, 0.25) is 10.2 Å². The van der Waals surface area contributed by atoms with E-state index in [1.165, 1.54) is 12.1 Å². The molecule has 1 aromatic carbocycles. The van der Waals surface area contributed by atoms with Crippen LogP contribution in [0.15, 0.2) is 30.3 Å². The Morgan fingerprint density at radius 2 is 1.94 bits per heavy atom. The van der Waals surface area contributed by atoms with Crippen LogP contribution in [0.1, 0.15) is 10.5 Å². The molecule has 2 aromatic rings. The lowest BCUT2D eigenvalue weighted by Crippen LogP contribution is -2.14. The summed E-state index contributed by atoms with van der Waals surface area (Å²) in [6.07, 6.45) is 0. The van der Waals surface area contributed by atoms with Crippen LogP contribution in [-0.4, -0.2) is 16.1 Å². The minimum absolute atomic E-state index is 0.199. The zero-order chi connectivity index (χ0) is 13.1. The van der Waals surface area contributed by atoms with E-state index in [2.05, 4.69) is 38.1 Å². The molecule has 0 aliphatic carbocycles. The Bertz CT molecular complexity index is 589. The molecule has 1 aromatic heterocycles. The Kier molecular flexibility index (Phi) is 4.36. The first kappa shape index (κ1) is 13.5. The van der Waals surface area contributed by atoms with E-state index in [9.17, 15) is 4.79 Å². The van der Waals surface area contributed by atoms with Gasteiger partial charge in [0.1, 0.15) is 0 Å². The van der Waals surface area contributed by atoms with Crippen molar-refractivity contribution in [1.29, 1.82) is 0 Å². The van der Waals surface area contributed by atoms with Crippen molar-refractivity contribution >= 4 is 57.4 Å². The minimum Gasteiger partial charge on any atom is -0.320 e. The number of benzene rings is 1. The Hall–Kier alpha value is -0.920. The fraction of sp³-hybridized carbons (Fsp3) is 0. The second-order valence-electron chi connectivity index (χ2n) is 3.32. The van der Waals surface area contributed by atoms with Gasteiger partial charge < -0.3 is 5.32 Å². The summed E-state index contributed by atoms with van der Waals surface area (Å²) >= 11 is 13.5. The van der Waals surface area contributed by atoms with Gasteiger partial charge in [0.05, 0.1) is 5.69 Å². The third-order valence-corrected chi connectivity index (χ3v) is 3.37.